The first kappa shape index (κ1) is 24.7. The van der Waals surface area contributed by atoms with Crippen LogP contribution in [0.1, 0.15) is 23.6 Å². The number of aryl methyl sites for hydroxylation is 2. The molecule has 0 bridgehead atoms. The number of rotatable bonds is 8. The van der Waals surface area contributed by atoms with Crippen molar-refractivity contribution in [1.82, 2.24) is 10.2 Å². The SMILES string of the molecule is CNC(=O)C(C)N(Cc1cccc(C)c1)C(=O)CN(c1cc(Cl)ccc1C)S(C)(=O)=O. The standard InChI is InChI=1S/C22H28ClN3O4S/c1-15-7-6-8-18(11-15)13-25(17(3)22(28)24-4)21(27)14-26(31(5,29)30)20-12-19(23)10-9-16(20)2/h6-12,17H,13-14H2,1-5H3,(H,24,28). The van der Waals surface area contributed by atoms with Crippen molar-refractivity contribution >= 4 is 39.1 Å². The number of nitrogens with one attached hydrogen (secondary N) is 1. The van der Waals surface area contributed by atoms with E-state index in [1.807, 2.05) is 31.2 Å². The van der Waals surface area contributed by atoms with Crippen LogP contribution in [0.5, 0.6) is 0 Å². The highest BCUT2D eigenvalue weighted by Crippen LogP contribution is 2.26. The number of hydrogen-bond donors (Lipinski definition) is 1. The molecule has 2 aromatic rings. The van der Waals surface area contributed by atoms with Gasteiger partial charge in [-0.2, -0.15) is 0 Å². The first-order valence-electron chi connectivity index (χ1n) is 9.74. The van der Waals surface area contributed by atoms with E-state index in [1.165, 1.54) is 18.0 Å². The number of anilines is 1. The summed E-state index contributed by atoms with van der Waals surface area (Å²) in [4.78, 5) is 27.0. The third kappa shape index (κ3) is 6.45. The number of sulfonamides is 1. The zero-order chi connectivity index (χ0) is 23.3. The summed E-state index contributed by atoms with van der Waals surface area (Å²) in [6.07, 6.45) is 1.04. The molecule has 7 nitrogen and oxygen atoms in total. The molecule has 1 atom stereocenters. The largest absolute Gasteiger partial charge is 0.357 e. The zero-order valence-corrected chi connectivity index (χ0v) is 19.9. The Morgan fingerprint density at radius 2 is 1.81 bits per heavy atom. The maximum atomic E-state index is 13.3. The number of likely N-dealkylation sites (N-methyl/N-ethyl adjacent to an activating group) is 1. The second kappa shape index (κ2) is 10.2. The maximum Gasteiger partial charge on any atom is 0.244 e. The minimum absolute atomic E-state index is 0.168. The number of amides is 2. The van der Waals surface area contributed by atoms with Gasteiger partial charge in [0.1, 0.15) is 12.6 Å². The van der Waals surface area contributed by atoms with Gasteiger partial charge in [-0.1, -0.05) is 47.5 Å². The van der Waals surface area contributed by atoms with Crippen molar-refractivity contribution in [1.29, 1.82) is 0 Å². The summed E-state index contributed by atoms with van der Waals surface area (Å²) in [5, 5.41) is 2.91. The van der Waals surface area contributed by atoms with E-state index in [9.17, 15) is 18.0 Å². The fourth-order valence-corrected chi connectivity index (χ4v) is 4.31. The number of carbonyl (C=O) groups is 2. The molecule has 2 amide bonds. The van der Waals surface area contributed by atoms with Crippen molar-refractivity contribution in [3.63, 3.8) is 0 Å². The van der Waals surface area contributed by atoms with E-state index in [4.69, 9.17) is 11.6 Å². The van der Waals surface area contributed by atoms with Gasteiger partial charge in [0.05, 0.1) is 11.9 Å². The lowest BCUT2D eigenvalue weighted by Gasteiger charge is -2.31. The highest BCUT2D eigenvalue weighted by atomic mass is 35.5. The average Bonchev–Trinajstić information content (AvgIpc) is 2.70. The highest BCUT2D eigenvalue weighted by molar-refractivity contribution is 7.92. The van der Waals surface area contributed by atoms with Crippen LogP contribution < -0.4 is 9.62 Å². The van der Waals surface area contributed by atoms with Crippen LogP contribution in [0.15, 0.2) is 42.5 Å². The predicted molar refractivity (Wildman–Crippen MR) is 124 cm³/mol. The van der Waals surface area contributed by atoms with Crippen LogP contribution in [-0.2, 0) is 26.2 Å². The van der Waals surface area contributed by atoms with Gasteiger partial charge in [0.15, 0.2) is 0 Å². The van der Waals surface area contributed by atoms with Crippen LogP contribution in [-0.4, -0.2) is 51.0 Å². The van der Waals surface area contributed by atoms with Crippen molar-refractivity contribution in [2.75, 3.05) is 24.2 Å². The lowest BCUT2D eigenvalue weighted by molar-refractivity contribution is -0.139. The Balaban J connectivity index is 2.43. The van der Waals surface area contributed by atoms with Crippen molar-refractivity contribution in [3.8, 4) is 0 Å². The van der Waals surface area contributed by atoms with Gasteiger partial charge in [0.2, 0.25) is 21.8 Å². The number of halogens is 1. The fraction of sp³-hybridized carbons (Fsp3) is 0.364. The molecule has 0 saturated heterocycles. The molecule has 2 rings (SSSR count). The molecule has 0 aromatic heterocycles. The van der Waals surface area contributed by atoms with E-state index >= 15 is 0 Å². The Kier molecular flexibility index (Phi) is 8.08. The molecule has 0 spiro atoms. The van der Waals surface area contributed by atoms with Gasteiger partial charge >= 0.3 is 0 Å². The Morgan fingerprint density at radius 1 is 1.13 bits per heavy atom. The van der Waals surface area contributed by atoms with Gasteiger partial charge in [-0.3, -0.25) is 13.9 Å². The lowest BCUT2D eigenvalue weighted by atomic mass is 10.1. The molecule has 2 aromatic carbocycles. The maximum absolute atomic E-state index is 13.3. The molecular formula is C22H28ClN3O4S. The molecule has 0 aliphatic carbocycles. The molecule has 0 radical (unpaired) electrons. The van der Waals surface area contributed by atoms with Gasteiger partial charge in [-0.15, -0.1) is 0 Å². The highest BCUT2D eigenvalue weighted by Gasteiger charge is 2.30. The van der Waals surface area contributed by atoms with Crippen LogP contribution in [0, 0.1) is 13.8 Å². The molecule has 0 aliphatic heterocycles. The van der Waals surface area contributed by atoms with Crippen LogP contribution in [0.4, 0.5) is 5.69 Å². The third-order valence-corrected chi connectivity index (χ3v) is 6.33. The molecule has 0 heterocycles. The Bertz CT molecular complexity index is 1070. The molecule has 0 fully saturated rings. The number of benzene rings is 2. The fourth-order valence-electron chi connectivity index (χ4n) is 3.24. The number of hydrogen-bond acceptors (Lipinski definition) is 4. The van der Waals surface area contributed by atoms with Crippen LogP contribution >= 0.6 is 11.6 Å². The Morgan fingerprint density at radius 3 is 2.39 bits per heavy atom. The molecule has 1 N–H and O–H groups in total. The van der Waals surface area contributed by atoms with E-state index in [2.05, 4.69) is 5.32 Å². The van der Waals surface area contributed by atoms with Crippen molar-refractivity contribution in [3.05, 3.63) is 64.2 Å². The monoisotopic (exact) mass is 465 g/mol. The van der Waals surface area contributed by atoms with Gasteiger partial charge in [0, 0.05) is 18.6 Å². The summed E-state index contributed by atoms with van der Waals surface area (Å²) in [7, 11) is -2.30. The van der Waals surface area contributed by atoms with Gasteiger partial charge in [-0.25, -0.2) is 8.42 Å². The summed E-state index contributed by atoms with van der Waals surface area (Å²) >= 11 is 6.07. The predicted octanol–water partition coefficient (Wildman–Crippen LogP) is 2.89. The smallest absolute Gasteiger partial charge is 0.244 e. The molecule has 1 unspecified atom stereocenters. The summed E-state index contributed by atoms with van der Waals surface area (Å²) in [5.41, 5.74) is 2.84. The summed E-state index contributed by atoms with van der Waals surface area (Å²) in [6.45, 7) is 5.01. The molecule has 168 valence electrons. The van der Waals surface area contributed by atoms with E-state index in [-0.39, 0.29) is 12.5 Å². The topological polar surface area (TPSA) is 86.8 Å². The second-order valence-corrected chi connectivity index (χ2v) is 9.84. The first-order valence-corrected chi connectivity index (χ1v) is 12.0. The minimum atomic E-state index is -3.79. The minimum Gasteiger partial charge on any atom is -0.357 e. The van der Waals surface area contributed by atoms with E-state index in [1.54, 1.807) is 26.0 Å². The third-order valence-electron chi connectivity index (χ3n) is 4.97. The summed E-state index contributed by atoms with van der Waals surface area (Å²) in [6, 6.07) is 11.7. The molecule has 0 saturated carbocycles. The molecule has 9 heteroatoms. The summed E-state index contributed by atoms with van der Waals surface area (Å²) < 4.78 is 26.1. The van der Waals surface area contributed by atoms with Crippen molar-refractivity contribution < 1.29 is 18.0 Å². The lowest BCUT2D eigenvalue weighted by Crippen LogP contribution is -2.50. The number of nitrogens with zero attached hydrogens (tertiary/aromatic N) is 2. The van der Waals surface area contributed by atoms with Crippen LogP contribution in [0.2, 0.25) is 5.02 Å². The normalized spacial score (nSPS) is 12.2. The van der Waals surface area contributed by atoms with Gasteiger partial charge in [0.25, 0.3) is 0 Å². The average molecular weight is 466 g/mol. The Labute approximate surface area is 189 Å². The van der Waals surface area contributed by atoms with Crippen molar-refractivity contribution in [2.45, 2.75) is 33.4 Å². The molecular weight excluding hydrogens is 438 g/mol. The Hall–Kier alpha value is -2.58. The van der Waals surface area contributed by atoms with Gasteiger partial charge < -0.3 is 10.2 Å². The van der Waals surface area contributed by atoms with Gasteiger partial charge in [-0.05, 0) is 44.0 Å². The van der Waals surface area contributed by atoms with E-state index in [0.717, 1.165) is 21.7 Å². The molecule has 31 heavy (non-hydrogen) atoms. The van der Waals surface area contributed by atoms with Crippen LogP contribution in [0.3, 0.4) is 0 Å². The molecule has 0 aliphatic rings. The van der Waals surface area contributed by atoms with E-state index in [0.29, 0.717) is 16.3 Å². The first-order chi connectivity index (χ1) is 14.4. The zero-order valence-electron chi connectivity index (χ0n) is 18.3. The second-order valence-electron chi connectivity index (χ2n) is 7.50. The van der Waals surface area contributed by atoms with Crippen molar-refractivity contribution in [2.24, 2.45) is 0 Å². The number of carbonyl (C=O) groups excluding carboxylic acids is 2. The summed E-state index contributed by atoms with van der Waals surface area (Å²) in [5.74, 6) is -0.840. The van der Waals surface area contributed by atoms with E-state index < -0.39 is 28.5 Å². The van der Waals surface area contributed by atoms with Crippen LogP contribution in [0.25, 0.3) is 0 Å². The quantitative estimate of drug-likeness (QED) is 0.649.